The predicted molar refractivity (Wildman–Crippen MR) is 215 cm³/mol. The van der Waals surface area contributed by atoms with Crippen molar-refractivity contribution in [1.29, 1.82) is 0 Å². The molecule has 0 aromatic heterocycles. The summed E-state index contributed by atoms with van der Waals surface area (Å²) in [5.41, 5.74) is 0. The van der Waals surface area contributed by atoms with Crippen LogP contribution in [0.25, 0.3) is 0 Å². The lowest BCUT2D eigenvalue weighted by atomic mass is 10.0. The molecule has 0 aromatic carbocycles. The van der Waals surface area contributed by atoms with E-state index in [9.17, 15) is 9.59 Å². The van der Waals surface area contributed by atoms with Gasteiger partial charge in [0.15, 0.2) is 0 Å². The standard InChI is InChI=1S/C44H88N2O4.2ClH/c1-7-9-11-13-15-17-19-21-23-25-27-29-31-35-43(47)49-41-39-45(3,4)37-33-34-38-46(5,6)40-42-50-44(48)36-32-30-28-26-24-22-20-18-16-14-12-10-8-2;;/h33-34H,7-32,35-42H2,1-6H3;2*1H/q+2;;/p-2/b34-33+;;. The molecular formula is C44H88Cl2N2O4. The first-order valence-electron chi connectivity index (χ1n) is 21.7. The zero-order chi connectivity index (χ0) is 37.0. The van der Waals surface area contributed by atoms with E-state index in [1.807, 2.05) is 0 Å². The normalized spacial score (nSPS) is 11.7. The summed E-state index contributed by atoms with van der Waals surface area (Å²) in [6.45, 7) is 8.91. The first-order valence-corrected chi connectivity index (χ1v) is 21.7. The Morgan fingerprint density at radius 3 is 0.885 bits per heavy atom. The van der Waals surface area contributed by atoms with Crippen LogP contribution in [0.1, 0.15) is 194 Å². The second-order valence-electron chi connectivity index (χ2n) is 16.6. The van der Waals surface area contributed by atoms with E-state index in [1.165, 1.54) is 141 Å². The largest absolute Gasteiger partial charge is 1.00 e. The minimum absolute atomic E-state index is 0. The third kappa shape index (κ3) is 41.9. The second kappa shape index (κ2) is 39.9. The van der Waals surface area contributed by atoms with Gasteiger partial charge in [-0.05, 0) is 25.0 Å². The van der Waals surface area contributed by atoms with Gasteiger partial charge in [0.2, 0.25) is 0 Å². The molecule has 0 amide bonds. The minimum atomic E-state index is -0.0484. The predicted octanol–water partition coefficient (Wildman–Crippen LogP) is 5.75. The average Bonchev–Trinajstić information content (AvgIpc) is 3.07. The van der Waals surface area contributed by atoms with Crippen molar-refractivity contribution >= 4 is 11.9 Å². The van der Waals surface area contributed by atoms with E-state index in [2.05, 4.69) is 54.2 Å². The van der Waals surface area contributed by atoms with E-state index in [0.717, 1.165) is 60.8 Å². The number of carbonyl (C=O) groups excluding carboxylic acids is 2. The quantitative estimate of drug-likeness (QED) is 0.0347. The van der Waals surface area contributed by atoms with Crippen molar-refractivity contribution in [3.8, 4) is 0 Å². The first kappa shape index (κ1) is 55.5. The van der Waals surface area contributed by atoms with Crippen molar-refractivity contribution < 1.29 is 52.8 Å². The van der Waals surface area contributed by atoms with Crippen LogP contribution in [-0.4, -0.2) is 88.5 Å². The molecule has 6 nitrogen and oxygen atoms in total. The zero-order valence-electron chi connectivity index (χ0n) is 35.5. The molecule has 0 N–H and O–H groups in total. The lowest BCUT2D eigenvalue weighted by Gasteiger charge is -2.29. The van der Waals surface area contributed by atoms with Gasteiger partial charge >= 0.3 is 11.9 Å². The zero-order valence-corrected chi connectivity index (χ0v) is 37.0. The van der Waals surface area contributed by atoms with Crippen molar-refractivity contribution in [3.63, 3.8) is 0 Å². The van der Waals surface area contributed by atoms with E-state index < -0.39 is 0 Å². The van der Waals surface area contributed by atoms with Crippen LogP contribution in [0.4, 0.5) is 0 Å². The fraction of sp³-hybridized carbons (Fsp3) is 0.909. The fourth-order valence-electron chi connectivity index (χ4n) is 6.43. The number of carbonyl (C=O) groups is 2. The van der Waals surface area contributed by atoms with Crippen molar-refractivity contribution in [2.75, 3.05) is 67.6 Å². The lowest BCUT2D eigenvalue weighted by molar-refractivity contribution is -0.887. The molecule has 0 atom stereocenters. The summed E-state index contributed by atoms with van der Waals surface area (Å²) in [5.74, 6) is -0.0968. The van der Waals surface area contributed by atoms with Crippen LogP contribution in [0, 0.1) is 0 Å². The highest BCUT2D eigenvalue weighted by atomic mass is 35.5. The Morgan fingerprint density at radius 1 is 0.404 bits per heavy atom. The Hall–Kier alpha value is -0.820. The minimum Gasteiger partial charge on any atom is -1.00 e. The summed E-state index contributed by atoms with van der Waals surface area (Å²) in [7, 11) is 8.73. The average molecular weight is 780 g/mol. The molecule has 0 spiro atoms. The highest BCUT2D eigenvalue weighted by molar-refractivity contribution is 5.69. The summed E-state index contributed by atoms with van der Waals surface area (Å²) in [4.78, 5) is 24.4. The fourth-order valence-corrected chi connectivity index (χ4v) is 6.43. The van der Waals surface area contributed by atoms with Gasteiger partial charge in [0, 0.05) is 12.8 Å². The number of unbranched alkanes of at least 4 members (excludes halogenated alkanes) is 24. The molecule has 8 heteroatoms. The van der Waals surface area contributed by atoms with Crippen LogP contribution in [-0.2, 0) is 19.1 Å². The molecule has 0 radical (unpaired) electrons. The molecule has 52 heavy (non-hydrogen) atoms. The van der Waals surface area contributed by atoms with Gasteiger partial charge in [0.05, 0.1) is 41.3 Å². The molecule has 0 rings (SSSR count). The number of nitrogens with zero attached hydrogens (tertiary/aromatic N) is 2. The van der Waals surface area contributed by atoms with Crippen molar-refractivity contribution in [2.45, 2.75) is 194 Å². The van der Waals surface area contributed by atoms with Crippen LogP contribution in [0.15, 0.2) is 12.2 Å². The van der Waals surface area contributed by atoms with Crippen LogP contribution in [0.2, 0.25) is 0 Å². The molecule has 0 saturated carbocycles. The Bertz CT molecular complexity index is 743. The van der Waals surface area contributed by atoms with Crippen LogP contribution >= 0.6 is 0 Å². The van der Waals surface area contributed by atoms with Crippen LogP contribution in [0.3, 0.4) is 0 Å². The number of hydrogen-bond acceptors (Lipinski definition) is 4. The maximum Gasteiger partial charge on any atom is 0.305 e. The molecule has 0 fully saturated rings. The third-order valence-corrected chi connectivity index (χ3v) is 10.3. The number of likely N-dealkylation sites (N-methyl/N-ethyl adjacent to an activating group) is 2. The lowest BCUT2D eigenvalue weighted by Crippen LogP contribution is -3.00. The van der Waals surface area contributed by atoms with Gasteiger partial charge in [-0.15, -0.1) is 0 Å². The molecule has 312 valence electrons. The number of quaternary nitrogens is 2. The monoisotopic (exact) mass is 779 g/mol. The molecule has 0 bridgehead atoms. The Balaban J connectivity index is -0.0000120. The van der Waals surface area contributed by atoms with Crippen LogP contribution < -0.4 is 24.8 Å². The molecule has 0 aliphatic rings. The molecule has 0 aromatic rings. The Morgan fingerprint density at radius 2 is 0.635 bits per heavy atom. The van der Waals surface area contributed by atoms with Crippen LogP contribution in [0.5, 0.6) is 0 Å². The number of halogens is 2. The number of esters is 2. The van der Waals surface area contributed by atoms with Crippen molar-refractivity contribution in [3.05, 3.63) is 12.2 Å². The van der Waals surface area contributed by atoms with Gasteiger partial charge in [-0.1, -0.05) is 168 Å². The Kier molecular flexibility index (Phi) is 42.6. The summed E-state index contributed by atoms with van der Waals surface area (Å²) < 4.78 is 12.7. The van der Waals surface area contributed by atoms with E-state index >= 15 is 0 Å². The second-order valence-corrected chi connectivity index (χ2v) is 16.6. The van der Waals surface area contributed by atoms with E-state index in [1.54, 1.807) is 0 Å². The number of hydrogen-bond donors (Lipinski definition) is 0. The van der Waals surface area contributed by atoms with Gasteiger partial charge < -0.3 is 43.3 Å². The molecule has 0 saturated heterocycles. The first-order chi connectivity index (χ1) is 24.1. The van der Waals surface area contributed by atoms with Crippen molar-refractivity contribution in [2.24, 2.45) is 0 Å². The highest BCUT2D eigenvalue weighted by Crippen LogP contribution is 2.15. The van der Waals surface area contributed by atoms with E-state index in [4.69, 9.17) is 9.47 Å². The summed E-state index contributed by atoms with van der Waals surface area (Å²) >= 11 is 0. The topological polar surface area (TPSA) is 52.6 Å². The van der Waals surface area contributed by atoms with Gasteiger partial charge in [0.25, 0.3) is 0 Å². The van der Waals surface area contributed by atoms with E-state index in [0.29, 0.717) is 26.1 Å². The third-order valence-electron chi connectivity index (χ3n) is 10.3. The highest BCUT2D eigenvalue weighted by Gasteiger charge is 2.17. The number of rotatable bonds is 38. The summed E-state index contributed by atoms with van der Waals surface area (Å²) in [6, 6.07) is 0. The number of ether oxygens (including phenoxy) is 2. The van der Waals surface area contributed by atoms with Gasteiger partial charge in [-0.2, -0.15) is 0 Å². The molecule has 0 unspecified atom stereocenters. The molecule has 0 aliphatic heterocycles. The molecule has 0 aliphatic carbocycles. The SMILES string of the molecule is CCCCCCCCCCCCCCCC(=O)OCC[N+](C)(C)C/C=C/C[N+](C)(C)CCOC(=O)CCCCCCCCCCCCCCC.[Cl-].[Cl-]. The molecule has 0 heterocycles. The van der Waals surface area contributed by atoms with Gasteiger partial charge in [-0.3, -0.25) is 9.59 Å². The van der Waals surface area contributed by atoms with Gasteiger partial charge in [-0.25, -0.2) is 0 Å². The van der Waals surface area contributed by atoms with Gasteiger partial charge in [0.1, 0.15) is 26.3 Å². The summed E-state index contributed by atoms with van der Waals surface area (Å²) in [6.07, 6.45) is 39.7. The maximum absolute atomic E-state index is 12.2. The molecular weight excluding hydrogens is 691 g/mol. The van der Waals surface area contributed by atoms with Crippen molar-refractivity contribution in [1.82, 2.24) is 0 Å². The summed E-state index contributed by atoms with van der Waals surface area (Å²) in [5, 5.41) is 0. The smallest absolute Gasteiger partial charge is 0.305 e. The maximum atomic E-state index is 12.2. The van der Waals surface area contributed by atoms with E-state index in [-0.39, 0.29) is 36.8 Å². The Labute approximate surface area is 337 Å².